The number of carbonyl (C=O) groups excluding carboxylic acids is 2. The molecular weight excluding hydrogens is 364 g/mol. The maximum absolute atomic E-state index is 12.9. The summed E-state index contributed by atoms with van der Waals surface area (Å²) in [5, 5.41) is 5.85. The topological polar surface area (TPSA) is 67.4 Å². The maximum Gasteiger partial charge on any atom is 0.414 e. The number of nitrogens with one attached hydrogen (secondary N) is 2. The molecule has 0 spiro atoms. The Kier molecular flexibility index (Phi) is 7.97. The lowest BCUT2D eigenvalue weighted by Crippen LogP contribution is -2.49. The molecular formula is C24H32N2O3. The normalized spacial score (nSPS) is 12.7. The molecule has 0 radical (unpaired) electrons. The van der Waals surface area contributed by atoms with Crippen LogP contribution in [0.25, 0.3) is 0 Å². The summed E-state index contributed by atoms with van der Waals surface area (Å²) in [6.45, 7) is 9.40. The van der Waals surface area contributed by atoms with Crippen LogP contribution < -0.4 is 10.6 Å². The summed E-state index contributed by atoms with van der Waals surface area (Å²) in [4.78, 5) is 25.0. The van der Waals surface area contributed by atoms with Crippen LogP contribution in [0.5, 0.6) is 0 Å². The number of carbonyl (C=O) groups is 2. The van der Waals surface area contributed by atoms with Gasteiger partial charge in [-0.3, -0.25) is 15.4 Å². The molecule has 0 bridgehead atoms. The summed E-state index contributed by atoms with van der Waals surface area (Å²) >= 11 is 0. The van der Waals surface area contributed by atoms with Gasteiger partial charge in [-0.05, 0) is 44.2 Å². The molecule has 0 aliphatic rings. The van der Waals surface area contributed by atoms with Crippen molar-refractivity contribution < 1.29 is 14.3 Å². The van der Waals surface area contributed by atoms with Gasteiger partial charge in [0.1, 0.15) is 5.60 Å². The third-order valence-corrected chi connectivity index (χ3v) is 4.28. The Hall–Kier alpha value is -2.66. The van der Waals surface area contributed by atoms with Crippen LogP contribution in [0.4, 0.5) is 4.79 Å². The molecule has 0 saturated heterocycles. The van der Waals surface area contributed by atoms with Gasteiger partial charge in [0.25, 0.3) is 0 Å². The second kappa shape index (κ2) is 10.2. The van der Waals surface area contributed by atoms with Crippen LogP contribution in [0.1, 0.15) is 58.2 Å². The van der Waals surface area contributed by atoms with Crippen molar-refractivity contribution in [2.24, 2.45) is 5.92 Å². The molecule has 2 rings (SSSR count). The van der Waals surface area contributed by atoms with Crippen molar-refractivity contribution in [2.45, 2.75) is 58.7 Å². The van der Waals surface area contributed by atoms with E-state index in [1.807, 2.05) is 60.7 Å². The number of amides is 2. The number of alkyl carbamates (subject to hydrolysis) is 1. The largest absolute Gasteiger partial charge is 0.444 e. The van der Waals surface area contributed by atoms with E-state index in [9.17, 15) is 9.59 Å². The van der Waals surface area contributed by atoms with E-state index in [2.05, 4.69) is 24.5 Å². The Morgan fingerprint density at radius 3 is 1.79 bits per heavy atom. The van der Waals surface area contributed by atoms with E-state index < -0.39 is 17.7 Å². The smallest absolute Gasteiger partial charge is 0.414 e. The van der Waals surface area contributed by atoms with Crippen molar-refractivity contribution in [2.75, 3.05) is 0 Å². The van der Waals surface area contributed by atoms with Gasteiger partial charge in [0, 0.05) is 0 Å². The van der Waals surface area contributed by atoms with Gasteiger partial charge in [0.05, 0.1) is 12.1 Å². The van der Waals surface area contributed by atoms with Crippen LogP contribution in [-0.4, -0.2) is 23.6 Å². The van der Waals surface area contributed by atoms with E-state index in [-0.39, 0.29) is 17.9 Å². The zero-order valence-electron chi connectivity index (χ0n) is 17.9. The van der Waals surface area contributed by atoms with Gasteiger partial charge in [0.15, 0.2) is 0 Å². The Balaban J connectivity index is 2.25. The average Bonchev–Trinajstić information content (AvgIpc) is 2.64. The number of ether oxygens (including phenoxy) is 1. The zero-order chi connectivity index (χ0) is 21.4. The molecule has 2 aromatic carbocycles. The highest BCUT2D eigenvalue weighted by Gasteiger charge is 2.27. The fraction of sp³-hybridized carbons (Fsp3) is 0.417. The zero-order valence-corrected chi connectivity index (χ0v) is 17.9. The summed E-state index contributed by atoms with van der Waals surface area (Å²) < 4.78 is 5.24. The molecule has 0 heterocycles. The summed E-state index contributed by atoms with van der Waals surface area (Å²) in [7, 11) is 0. The summed E-state index contributed by atoms with van der Waals surface area (Å²) in [6, 6.07) is 19.2. The van der Waals surface area contributed by atoms with Crippen LogP contribution in [-0.2, 0) is 9.53 Å². The van der Waals surface area contributed by atoms with E-state index >= 15 is 0 Å². The molecule has 0 unspecified atom stereocenters. The van der Waals surface area contributed by atoms with Gasteiger partial charge in [-0.2, -0.15) is 0 Å². The Morgan fingerprint density at radius 1 is 0.897 bits per heavy atom. The number of benzene rings is 2. The Morgan fingerprint density at radius 2 is 1.38 bits per heavy atom. The predicted molar refractivity (Wildman–Crippen MR) is 115 cm³/mol. The summed E-state index contributed by atoms with van der Waals surface area (Å²) in [6.07, 6.45) is -0.140. The van der Waals surface area contributed by atoms with Crippen molar-refractivity contribution in [3.8, 4) is 0 Å². The molecule has 0 aliphatic carbocycles. The van der Waals surface area contributed by atoms with Crippen LogP contribution in [0.2, 0.25) is 0 Å². The van der Waals surface area contributed by atoms with Crippen molar-refractivity contribution in [1.82, 2.24) is 10.6 Å². The summed E-state index contributed by atoms with van der Waals surface area (Å²) in [5.74, 6) is -0.117. The first-order valence-corrected chi connectivity index (χ1v) is 10.1. The van der Waals surface area contributed by atoms with Gasteiger partial charge in [-0.1, -0.05) is 74.5 Å². The number of rotatable bonds is 7. The molecule has 0 aliphatic heterocycles. The quantitative estimate of drug-likeness (QED) is 0.703. The van der Waals surface area contributed by atoms with Crippen molar-refractivity contribution in [3.05, 3.63) is 71.8 Å². The molecule has 29 heavy (non-hydrogen) atoms. The highest BCUT2D eigenvalue weighted by Crippen LogP contribution is 2.23. The first-order chi connectivity index (χ1) is 13.7. The van der Waals surface area contributed by atoms with Crippen LogP contribution in [0, 0.1) is 5.92 Å². The van der Waals surface area contributed by atoms with Gasteiger partial charge in [-0.15, -0.1) is 0 Å². The minimum Gasteiger partial charge on any atom is -0.444 e. The Labute approximate surface area is 173 Å². The third-order valence-electron chi connectivity index (χ3n) is 4.28. The second-order valence-electron chi connectivity index (χ2n) is 8.59. The van der Waals surface area contributed by atoms with E-state index in [4.69, 9.17) is 4.74 Å². The average molecular weight is 397 g/mol. The predicted octanol–water partition coefficient (Wildman–Crippen LogP) is 4.83. The molecule has 0 aromatic heterocycles. The second-order valence-corrected chi connectivity index (χ2v) is 8.59. The molecule has 2 aromatic rings. The maximum atomic E-state index is 12.9. The first kappa shape index (κ1) is 22.6. The van der Waals surface area contributed by atoms with Crippen LogP contribution in [0.15, 0.2) is 60.7 Å². The molecule has 2 amide bonds. The van der Waals surface area contributed by atoms with E-state index in [1.165, 1.54) is 0 Å². The standard InChI is InChI=1S/C24H32N2O3/c1-17(2)16-20(22(27)26-23(28)29-24(3,4)5)25-21(18-12-8-6-9-13-18)19-14-10-7-11-15-19/h6-15,17,20-21,25H,16H2,1-5H3,(H,26,27,28)/t20-/m0/s1. The van der Waals surface area contributed by atoms with Gasteiger partial charge >= 0.3 is 6.09 Å². The highest BCUT2D eigenvalue weighted by atomic mass is 16.6. The van der Waals surface area contributed by atoms with E-state index in [0.717, 1.165) is 11.1 Å². The number of imide groups is 1. The third kappa shape index (κ3) is 7.70. The molecule has 5 heteroatoms. The molecule has 5 nitrogen and oxygen atoms in total. The number of hydrogen-bond donors (Lipinski definition) is 2. The number of hydrogen-bond acceptors (Lipinski definition) is 4. The molecule has 2 N–H and O–H groups in total. The van der Waals surface area contributed by atoms with E-state index in [0.29, 0.717) is 6.42 Å². The minimum atomic E-state index is -0.728. The molecule has 156 valence electrons. The molecule has 1 atom stereocenters. The van der Waals surface area contributed by atoms with Crippen molar-refractivity contribution in [3.63, 3.8) is 0 Å². The monoisotopic (exact) mass is 396 g/mol. The Bertz CT molecular complexity index is 743. The van der Waals surface area contributed by atoms with E-state index in [1.54, 1.807) is 20.8 Å². The lowest BCUT2D eigenvalue weighted by Gasteiger charge is -2.27. The van der Waals surface area contributed by atoms with Gasteiger partial charge in [-0.25, -0.2) is 4.79 Å². The first-order valence-electron chi connectivity index (χ1n) is 10.1. The van der Waals surface area contributed by atoms with Gasteiger partial charge in [0.2, 0.25) is 5.91 Å². The molecule has 0 fully saturated rings. The van der Waals surface area contributed by atoms with Crippen LogP contribution in [0.3, 0.4) is 0 Å². The lowest BCUT2D eigenvalue weighted by atomic mass is 9.95. The fourth-order valence-electron chi connectivity index (χ4n) is 3.09. The highest BCUT2D eigenvalue weighted by molar-refractivity contribution is 5.95. The lowest BCUT2D eigenvalue weighted by molar-refractivity contribution is -0.123. The fourth-order valence-corrected chi connectivity index (χ4v) is 3.09. The minimum absolute atomic E-state index is 0.175. The SMILES string of the molecule is CC(C)C[C@H](NC(c1ccccc1)c1ccccc1)C(=O)NC(=O)OC(C)(C)C. The van der Waals surface area contributed by atoms with Crippen molar-refractivity contribution >= 4 is 12.0 Å². The molecule has 0 saturated carbocycles. The summed E-state index contributed by atoms with van der Waals surface area (Å²) in [5.41, 5.74) is 1.44. The van der Waals surface area contributed by atoms with Crippen molar-refractivity contribution in [1.29, 1.82) is 0 Å². The van der Waals surface area contributed by atoms with Gasteiger partial charge < -0.3 is 4.74 Å². The van der Waals surface area contributed by atoms with Crippen LogP contribution >= 0.6 is 0 Å².